The van der Waals surface area contributed by atoms with E-state index in [-0.39, 0.29) is 13.1 Å². The van der Waals surface area contributed by atoms with Crippen LogP contribution < -0.4 is 16.4 Å². The van der Waals surface area contributed by atoms with E-state index in [4.69, 9.17) is 17.3 Å². The minimum Gasteiger partial charge on any atom is -0.387 e. The van der Waals surface area contributed by atoms with Crippen LogP contribution in [0.25, 0.3) is 0 Å². The number of nitrogens with one attached hydrogen (secondary N) is 2. The van der Waals surface area contributed by atoms with Crippen LogP contribution in [0.5, 0.6) is 0 Å². The number of hydrogen-bond donors (Lipinski definition) is 4. The van der Waals surface area contributed by atoms with Gasteiger partial charge in [-0.3, -0.25) is 9.48 Å². The molecule has 1 aromatic carbocycles. The van der Waals surface area contributed by atoms with Gasteiger partial charge in [-0.05, 0) is 17.7 Å². The molecule has 0 fully saturated rings. The van der Waals surface area contributed by atoms with Crippen LogP contribution in [0.1, 0.15) is 11.7 Å². The van der Waals surface area contributed by atoms with E-state index in [0.717, 1.165) is 0 Å². The van der Waals surface area contributed by atoms with Crippen LogP contribution in [0.2, 0.25) is 5.02 Å². The van der Waals surface area contributed by atoms with Gasteiger partial charge in [0.15, 0.2) is 0 Å². The normalized spacial score (nSPS) is 11.7. The lowest BCUT2D eigenvalue weighted by Crippen LogP contribution is -2.32. The molecular formula is C14H16ClN5O3. The fourth-order valence-corrected chi connectivity index (χ4v) is 2.07. The number of benzene rings is 1. The number of carbonyl (C=O) groups excluding carboxylic acids is 2. The van der Waals surface area contributed by atoms with Gasteiger partial charge in [-0.15, -0.1) is 0 Å². The highest BCUT2D eigenvalue weighted by molar-refractivity contribution is 6.30. The molecule has 5 N–H and O–H groups in total. The van der Waals surface area contributed by atoms with Gasteiger partial charge < -0.3 is 21.5 Å². The van der Waals surface area contributed by atoms with Gasteiger partial charge >= 0.3 is 6.03 Å². The van der Waals surface area contributed by atoms with Crippen molar-refractivity contribution >= 4 is 29.2 Å². The second-order valence-corrected chi connectivity index (χ2v) is 5.24. The van der Waals surface area contributed by atoms with Gasteiger partial charge in [0, 0.05) is 17.8 Å². The lowest BCUT2D eigenvalue weighted by molar-refractivity contribution is -0.118. The summed E-state index contributed by atoms with van der Waals surface area (Å²) in [7, 11) is 0. The summed E-state index contributed by atoms with van der Waals surface area (Å²) in [5, 5.41) is 19.4. The van der Waals surface area contributed by atoms with Crippen LogP contribution in [-0.2, 0) is 11.3 Å². The smallest absolute Gasteiger partial charge is 0.319 e. The summed E-state index contributed by atoms with van der Waals surface area (Å²) in [5.41, 5.74) is 6.05. The van der Waals surface area contributed by atoms with Crippen LogP contribution in [0.3, 0.4) is 0 Å². The number of halogens is 1. The van der Waals surface area contributed by atoms with Gasteiger partial charge in [0.05, 0.1) is 18.0 Å². The van der Waals surface area contributed by atoms with E-state index in [1.165, 1.54) is 17.1 Å². The number of nitrogens with two attached hydrogens (primary N) is 1. The van der Waals surface area contributed by atoms with E-state index in [0.29, 0.717) is 16.3 Å². The van der Waals surface area contributed by atoms with Gasteiger partial charge in [0.25, 0.3) is 0 Å². The Morgan fingerprint density at radius 2 is 2.22 bits per heavy atom. The monoisotopic (exact) mass is 337 g/mol. The van der Waals surface area contributed by atoms with E-state index in [1.807, 2.05) is 0 Å². The number of nitrogens with zero attached hydrogens (tertiary/aromatic N) is 2. The maximum absolute atomic E-state index is 11.8. The lowest BCUT2D eigenvalue weighted by atomic mass is 10.1. The van der Waals surface area contributed by atoms with Gasteiger partial charge in [-0.2, -0.15) is 5.10 Å². The number of urea groups is 1. The first-order valence-electron chi connectivity index (χ1n) is 6.73. The number of aliphatic hydroxyl groups excluding tert-OH is 1. The molecule has 0 spiro atoms. The largest absolute Gasteiger partial charge is 0.387 e. The molecule has 0 aliphatic carbocycles. The van der Waals surface area contributed by atoms with Crippen molar-refractivity contribution in [2.75, 3.05) is 11.9 Å². The number of carbonyl (C=O) groups is 2. The molecule has 122 valence electrons. The molecule has 0 unspecified atom stereocenters. The van der Waals surface area contributed by atoms with Crippen molar-refractivity contribution in [3.05, 3.63) is 47.2 Å². The molecule has 0 aliphatic heterocycles. The Bertz CT molecular complexity index is 703. The Hall–Kier alpha value is -2.58. The second kappa shape index (κ2) is 7.61. The first-order chi connectivity index (χ1) is 10.9. The quantitative estimate of drug-likeness (QED) is 0.624. The lowest BCUT2D eigenvalue weighted by Gasteiger charge is -2.12. The second-order valence-electron chi connectivity index (χ2n) is 4.80. The molecule has 0 saturated heterocycles. The molecule has 2 rings (SSSR count). The van der Waals surface area contributed by atoms with Gasteiger partial charge in [0.2, 0.25) is 5.91 Å². The van der Waals surface area contributed by atoms with Crippen molar-refractivity contribution in [1.82, 2.24) is 15.1 Å². The molecule has 1 aromatic heterocycles. The predicted molar refractivity (Wildman–Crippen MR) is 84.9 cm³/mol. The molecule has 1 atom stereocenters. The highest BCUT2D eigenvalue weighted by Crippen LogP contribution is 2.17. The van der Waals surface area contributed by atoms with Crippen molar-refractivity contribution in [2.45, 2.75) is 12.6 Å². The zero-order chi connectivity index (χ0) is 16.8. The van der Waals surface area contributed by atoms with Crippen LogP contribution >= 0.6 is 11.6 Å². The Labute approximate surface area is 137 Å². The topological polar surface area (TPSA) is 122 Å². The molecule has 8 nitrogen and oxygen atoms in total. The fourth-order valence-electron chi connectivity index (χ4n) is 1.87. The Morgan fingerprint density at radius 1 is 1.43 bits per heavy atom. The SMILES string of the molecule is NC(=O)Cn1cc(NC(=O)NC[C@@H](O)c2cccc(Cl)c2)cn1. The summed E-state index contributed by atoms with van der Waals surface area (Å²) in [4.78, 5) is 22.5. The summed E-state index contributed by atoms with van der Waals surface area (Å²) in [6.45, 7) is -0.0572. The molecule has 1 heterocycles. The Morgan fingerprint density at radius 3 is 2.91 bits per heavy atom. The highest BCUT2D eigenvalue weighted by Gasteiger charge is 2.10. The van der Waals surface area contributed by atoms with Gasteiger partial charge in [0.1, 0.15) is 6.54 Å². The number of primary amides is 1. The summed E-state index contributed by atoms with van der Waals surface area (Å²) in [5.74, 6) is -0.534. The Kier molecular flexibility index (Phi) is 5.56. The molecule has 9 heteroatoms. The van der Waals surface area contributed by atoms with E-state index in [2.05, 4.69) is 15.7 Å². The number of aliphatic hydroxyl groups is 1. The third-order valence-electron chi connectivity index (χ3n) is 2.90. The molecule has 2 aromatic rings. The summed E-state index contributed by atoms with van der Waals surface area (Å²) in [6, 6.07) is 6.24. The number of aromatic nitrogens is 2. The molecular weight excluding hydrogens is 322 g/mol. The van der Waals surface area contributed by atoms with Crippen molar-refractivity contribution in [1.29, 1.82) is 0 Å². The van der Waals surface area contributed by atoms with Crippen molar-refractivity contribution in [3.63, 3.8) is 0 Å². The van der Waals surface area contributed by atoms with Crippen LogP contribution in [0, 0.1) is 0 Å². The third-order valence-corrected chi connectivity index (χ3v) is 3.13. The zero-order valence-corrected chi connectivity index (χ0v) is 12.8. The third kappa shape index (κ3) is 5.28. The maximum atomic E-state index is 11.8. The summed E-state index contributed by atoms with van der Waals surface area (Å²) in [6.07, 6.45) is 1.98. The van der Waals surface area contributed by atoms with Crippen molar-refractivity contribution in [3.8, 4) is 0 Å². The minimum atomic E-state index is -0.878. The highest BCUT2D eigenvalue weighted by atomic mass is 35.5. The molecule has 0 bridgehead atoms. The van der Waals surface area contributed by atoms with Gasteiger partial charge in [-0.25, -0.2) is 4.79 Å². The van der Waals surface area contributed by atoms with Crippen LogP contribution in [-0.4, -0.2) is 33.4 Å². The van der Waals surface area contributed by atoms with E-state index < -0.39 is 18.0 Å². The van der Waals surface area contributed by atoms with Gasteiger partial charge in [-0.1, -0.05) is 23.7 Å². The van der Waals surface area contributed by atoms with Crippen molar-refractivity contribution < 1.29 is 14.7 Å². The van der Waals surface area contributed by atoms with E-state index >= 15 is 0 Å². The fraction of sp³-hybridized carbons (Fsp3) is 0.214. The summed E-state index contributed by atoms with van der Waals surface area (Å²) >= 11 is 5.84. The zero-order valence-electron chi connectivity index (χ0n) is 12.1. The van der Waals surface area contributed by atoms with Crippen LogP contribution in [0.15, 0.2) is 36.7 Å². The molecule has 0 saturated carbocycles. The van der Waals surface area contributed by atoms with E-state index in [9.17, 15) is 14.7 Å². The van der Waals surface area contributed by atoms with Crippen molar-refractivity contribution in [2.24, 2.45) is 5.73 Å². The molecule has 0 aliphatic rings. The average Bonchev–Trinajstić information content (AvgIpc) is 2.91. The number of amides is 3. The number of rotatable bonds is 6. The molecule has 0 radical (unpaired) electrons. The maximum Gasteiger partial charge on any atom is 0.319 e. The minimum absolute atomic E-state index is 0.0155. The first kappa shape index (κ1) is 16.8. The standard InChI is InChI=1S/C14H16ClN5O3/c15-10-3-1-2-9(4-10)12(21)6-17-14(23)19-11-5-18-20(7-11)8-13(16)22/h1-5,7,12,21H,6,8H2,(H2,16,22)(H2,17,19,23)/t12-/m1/s1. The predicted octanol–water partition coefficient (Wildman–Crippen LogP) is 0.877. The summed E-state index contributed by atoms with van der Waals surface area (Å²) < 4.78 is 1.30. The average molecular weight is 338 g/mol. The number of anilines is 1. The van der Waals surface area contributed by atoms with Crippen LogP contribution in [0.4, 0.5) is 10.5 Å². The molecule has 3 amide bonds. The first-order valence-corrected chi connectivity index (χ1v) is 7.11. The molecule has 23 heavy (non-hydrogen) atoms. The number of hydrogen-bond acceptors (Lipinski definition) is 4. The Balaban J connectivity index is 1.83. The van der Waals surface area contributed by atoms with E-state index in [1.54, 1.807) is 24.3 Å².